The van der Waals surface area contributed by atoms with Gasteiger partial charge in [-0.2, -0.15) is 0 Å². The van der Waals surface area contributed by atoms with Crippen LogP contribution in [0.5, 0.6) is 0 Å². The first kappa shape index (κ1) is 26.7. The summed E-state index contributed by atoms with van der Waals surface area (Å²) < 4.78 is 0. The summed E-state index contributed by atoms with van der Waals surface area (Å²) in [6.07, 6.45) is -0.594. The number of nitrogens with two attached hydrogens (primary N) is 3. The van der Waals surface area contributed by atoms with E-state index in [1.54, 1.807) is 0 Å². The molecule has 0 radical (unpaired) electrons. The first-order valence-electron chi connectivity index (χ1n) is 7.72. The van der Waals surface area contributed by atoms with Crippen LogP contribution in [0.4, 0.5) is 0 Å². The molecule has 27 heavy (non-hydrogen) atoms. The van der Waals surface area contributed by atoms with Crippen LogP contribution in [-0.4, -0.2) is 74.3 Å². The van der Waals surface area contributed by atoms with E-state index in [0.717, 1.165) is 5.56 Å². The molecule has 0 bridgehead atoms. The van der Waals surface area contributed by atoms with Crippen LogP contribution in [0.3, 0.4) is 0 Å². The number of hydrogen-bond acceptors (Lipinski definition) is 8. The average Bonchev–Trinajstić information content (AvgIpc) is 2.61. The van der Waals surface area contributed by atoms with Crippen LogP contribution >= 0.6 is 0 Å². The average molecular weight is 389 g/mol. The van der Waals surface area contributed by atoms with E-state index in [1.807, 2.05) is 30.3 Å². The molecule has 0 saturated heterocycles. The number of carboxylic acids is 3. The highest BCUT2D eigenvalue weighted by molar-refractivity contribution is 5.74. The SMILES string of the molecule is CC(O)C(N)C(=O)O.NC(CO)C(=O)O.NC(Cc1ccccc1)C(=O)O. The van der Waals surface area contributed by atoms with Crippen LogP contribution in [0, 0.1) is 0 Å². The monoisotopic (exact) mass is 389 g/mol. The van der Waals surface area contributed by atoms with Crippen molar-refractivity contribution in [1.29, 1.82) is 0 Å². The van der Waals surface area contributed by atoms with E-state index in [1.165, 1.54) is 6.92 Å². The maximum atomic E-state index is 10.4. The molecule has 0 amide bonds. The highest BCUT2D eigenvalue weighted by atomic mass is 16.4. The van der Waals surface area contributed by atoms with E-state index < -0.39 is 48.7 Å². The highest BCUT2D eigenvalue weighted by Crippen LogP contribution is 2.01. The summed E-state index contributed by atoms with van der Waals surface area (Å²) in [6.45, 7) is 0.827. The third-order valence-corrected chi connectivity index (χ3v) is 2.93. The lowest BCUT2D eigenvalue weighted by Crippen LogP contribution is -2.39. The molecule has 4 atom stereocenters. The fraction of sp³-hybridized carbons (Fsp3) is 0.438. The van der Waals surface area contributed by atoms with Gasteiger partial charge in [-0.3, -0.25) is 14.4 Å². The van der Waals surface area contributed by atoms with Crippen molar-refractivity contribution in [2.75, 3.05) is 6.61 Å². The van der Waals surface area contributed by atoms with E-state index in [2.05, 4.69) is 0 Å². The Hall–Kier alpha value is -2.57. The standard InChI is InChI=1S/C9H11NO2.C4H9NO3.C3H7NO3/c10-8(9(11)12)6-7-4-2-1-3-5-7;1-2(6)3(5)4(7)8;4-2(1-5)3(6)7/h1-5,8H,6,10H2,(H,11,12);2-3,6H,5H2,1H3,(H,7,8);2,5H,1,4H2,(H,6,7). The quantitative estimate of drug-likeness (QED) is 0.249. The van der Waals surface area contributed by atoms with Crippen LogP contribution in [-0.2, 0) is 20.8 Å². The molecule has 0 saturated carbocycles. The summed E-state index contributed by atoms with van der Waals surface area (Å²) in [6, 6.07) is 6.26. The van der Waals surface area contributed by atoms with Gasteiger partial charge in [-0.15, -0.1) is 0 Å². The second-order valence-corrected chi connectivity index (χ2v) is 5.37. The van der Waals surface area contributed by atoms with E-state index in [-0.39, 0.29) is 0 Å². The second-order valence-electron chi connectivity index (χ2n) is 5.37. The lowest BCUT2D eigenvalue weighted by Gasteiger charge is -2.06. The Labute approximate surface area is 156 Å². The minimum Gasteiger partial charge on any atom is -0.480 e. The van der Waals surface area contributed by atoms with Gasteiger partial charge in [-0.25, -0.2) is 0 Å². The summed E-state index contributed by atoms with van der Waals surface area (Å²) in [5, 5.41) is 41.0. The summed E-state index contributed by atoms with van der Waals surface area (Å²) in [4.78, 5) is 29.9. The maximum Gasteiger partial charge on any atom is 0.323 e. The van der Waals surface area contributed by atoms with Crippen molar-refractivity contribution in [1.82, 2.24) is 0 Å². The Morgan fingerprint density at radius 2 is 1.33 bits per heavy atom. The van der Waals surface area contributed by atoms with Gasteiger partial charge < -0.3 is 42.7 Å². The molecule has 0 aromatic heterocycles. The molecule has 0 spiro atoms. The van der Waals surface area contributed by atoms with Gasteiger partial charge in [0.25, 0.3) is 0 Å². The Kier molecular flexibility index (Phi) is 14.4. The largest absolute Gasteiger partial charge is 0.480 e. The van der Waals surface area contributed by atoms with Gasteiger partial charge in [0.05, 0.1) is 12.7 Å². The van der Waals surface area contributed by atoms with Crippen molar-refractivity contribution in [2.24, 2.45) is 17.2 Å². The molecular formula is C16H27N3O8. The summed E-state index contributed by atoms with van der Waals surface area (Å²) in [7, 11) is 0. The molecule has 1 aromatic carbocycles. The molecule has 1 rings (SSSR count). The molecule has 1 aromatic rings. The number of aliphatic hydroxyl groups excluding tert-OH is 2. The molecular weight excluding hydrogens is 362 g/mol. The topological polar surface area (TPSA) is 230 Å². The van der Waals surface area contributed by atoms with Crippen molar-refractivity contribution < 1.29 is 39.9 Å². The van der Waals surface area contributed by atoms with E-state index in [4.69, 9.17) is 42.7 Å². The van der Waals surface area contributed by atoms with Gasteiger partial charge in [-0.1, -0.05) is 30.3 Å². The second kappa shape index (κ2) is 14.6. The fourth-order valence-corrected chi connectivity index (χ4v) is 1.24. The zero-order valence-corrected chi connectivity index (χ0v) is 14.8. The van der Waals surface area contributed by atoms with Crippen LogP contribution in [0.2, 0.25) is 0 Å². The van der Waals surface area contributed by atoms with Crippen molar-refractivity contribution in [3.63, 3.8) is 0 Å². The molecule has 0 aliphatic heterocycles. The first-order chi connectivity index (χ1) is 12.4. The lowest BCUT2D eigenvalue weighted by molar-refractivity contribution is -0.141. The van der Waals surface area contributed by atoms with E-state index >= 15 is 0 Å². The predicted octanol–water partition coefficient (Wildman–Crippen LogP) is -2.19. The number of hydrogen-bond donors (Lipinski definition) is 8. The van der Waals surface area contributed by atoms with Crippen LogP contribution in [0.15, 0.2) is 30.3 Å². The molecule has 154 valence electrons. The molecule has 4 unspecified atom stereocenters. The first-order valence-corrected chi connectivity index (χ1v) is 7.72. The Balaban J connectivity index is 0. The third kappa shape index (κ3) is 14.3. The van der Waals surface area contributed by atoms with E-state index in [0.29, 0.717) is 6.42 Å². The minimum atomic E-state index is -1.18. The molecule has 0 fully saturated rings. The molecule has 11 nitrogen and oxygen atoms in total. The molecule has 0 heterocycles. The van der Waals surface area contributed by atoms with Gasteiger partial charge in [0.15, 0.2) is 0 Å². The number of benzene rings is 1. The van der Waals surface area contributed by atoms with Gasteiger partial charge >= 0.3 is 17.9 Å². The van der Waals surface area contributed by atoms with Gasteiger partial charge in [0, 0.05) is 0 Å². The lowest BCUT2D eigenvalue weighted by atomic mass is 10.1. The van der Waals surface area contributed by atoms with Crippen molar-refractivity contribution >= 4 is 17.9 Å². The Morgan fingerprint density at radius 1 is 0.889 bits per heavy atom. The molecule has 0 aliphatic rings. The van der Waals surface area contributed by atoms with Crippen molar-refractivity contribution in [2.45, 2.75) is 37.6 Å². The maximum absolute atomic E-state index is 10.4. The van der Waals surface area contributed by atoms with Gasteiger partial charge in [0.2, 0.25) is 0 Å². The molecule has 11 heteroatoms. The Morgan fingerprint density at radius 3 is 1.56 bits per heavy atom. The minimum absolute atomic E-state index is 0.385. The van der Waals surface area contributed by atoms with E-state index in [9.17, 15) is 14.4 Å². The zero-order chi connectivity index (χ0) is 21.6. The number of rotatable bonds is 7. The highest BCUT2D eigenvalue weighted by Gasteiger charge is 2.16. The van der Waals surface area contributed by atoms with Crippen LogP contribution in [0.1, 0.15) is 12.5 Å². The van der Waals surface area contributed by atoms with Crippen molar-refractivity contribution in [3.8, 4) is 0 Å². The van der Waals surface area contributed by atoms with Crippen LogP contribution in [0.25, 0.3) is 0 Å². The third-order valence-electron chi connectivity index (χ3n) is 2.93. The zero-order valence-electron chi connectivity index (χ0n) is 14.8. The number of aliphatic hydroxyl groups is 2. The summed E-state index contributed by atoms with van der Waals surface area (Å²) in [5.41, 5.74) is 16.0. The normalized spacial score (nSPS) is 14.1. The number of aliphatic carboxylic acids is 3. The molecule has 0 aliphatic carbocycles. The summed E-state index contributed by atoms with van der Waals surface area (Å²) >= 11 is 0. The van der Waals surface area contributed by atoms with Gasteiger partial charge in [-0.05, 0) is 18.9 Å². The predicted molar refractivity (Wildman–Crippen MR) is 95.7 cm³/mol. The Bertz CT molecular complexity index is 568. The number of carbonyl (C=O) groups is 3. The smallest absolute Gasteiger partial charge is 0.323 e. The van der Waals surface area contributed by atoms with Gasteiger partial charge in [0.1, 0.15) is 18.1 Å². The summed E-state index contributed by atoms with van der Waals surface area (Å²) in [5.74, 6) is -3.32. The fourth-order valence-electron chi connectivity index (χ4n) is 1.24. The van der Waals surface area contributed by atoms with Crippen molar-refractivity contribution in [3.05, 3.63) is 35.9 Å². The van der Waals surface area contributed by atoms with Crippen LogP contribution < -0.4 is 17.2 Å². The number of carboxylic acid groups (broad SMARTS) is 3. The molecule has 11 N–H and O–H groups in total.